The number of hydrogen-bond acceptors (Lipinski definition) is 4. The van der Waals surface area contributed by atoms with E-state index in [9.17, 15) is 4.79 Å². The molecule has 0 saturated heterocycles. The van der Waals surface area contributed by atoms with Crippen molar-refractivity contribution in [2.24, 2.45) is 0 Å². The van der Waals surface area contributed by atoms with Crippen molar-refractivity contribution in [3.8, 4) is 23.1 Å². The zero-order valence-electron chi connectivity index (χ0n) is 18.0. The molecule has 4 rings (SSSR count). The molecule has 1 N–H and O–H groups in total. The second kappa shape index (κ2) is 9.24. The minimum Gasteiger partial charge on any atom is -0.460 e. The van der Waals surface area contributed by atoms with Crippen LogP contribution in [-0.2, 0) is 0 Å². The van der Waals surface area contributed by atoms with E-state index in [0.29, 0.717) is 28.1 Å². The van der Waals surface area contributed by atoms with Gasteiger partial charge in [0.25, 0.3) is 5.91 Å². The fourth-order valence-electron chi connectivity index (χ4n) is 3.14. The van der Waals surface area contributed by atoms with Gasteiger partial charge in [0, 0.05) is 21.8 Å². The minimum atomic E-state index is -0.228. The van der Waals surface area contributed by atoms with Crippen LogP contribution >= 0.6 is 11.6 Å². The van der Waals surface area contributed by atoms with Gasteiger partial charge < -0.3 is 10.1 Å². The molecule has 7 heteroatoms. The highest BCUT2D eigenvalue weighted by molar-refractivity contribution is 6.31. The van der Waals surface area contributed by atoms with Gasteiger partial charge in [-0.1, -0.05) is 47.5 Å². The van der Waals surface area contributed by atoms with Gasteiger partial charge in [-0.25, -0.2) is 4.68 Å². The Labute approximate surface area is 191 Å². The summed E-state index contributed by atoms with van der Waals surface area (Å²) < 4.78 is 7.47. The first-order valence-corrected chi connectivity index (χ1v) is 10.6. The Bertz CT molecular complexity index is 1230. The number of anilines is 1. The van der Waals surface area contributed by atoms with Gasteiger partial charge in [-0.15, -0.1) is 5.10 Å². The molecule has 0 bridgehead atoms. The predicted octanol–water partition coefficient (Wildman–Crippen LogP) is 5.94. The molecule has 0 spiro atoms. The Morgan fingerprint density at radius 3 is 2.41 bits per heavy atom. The molecule has 0 saturated carbocycles. The van der Waals surface area contributed by atoms with Gasteiger partial charge in [0.15, 0.2) is 5.82 Å². The number of aromatic nitrogens is 3. The molecule has 32 heavy (non-hydrogen) atoms. The molecule has 0 fully saturated rings. The number of benzene rings is 3. The zero-order valence-corrected chi connectivity index (χ0v) is 18.8. The van der Waals surface area contributed by atoms with Crippen LogP contribution in [0.2, 0.25) is 5.02 Å². The zero-order chi connectivity index (χ0) is 22.7. The summed E-state index contributed by atoms with van der Waals surface area (Å²) in [5.41, 5.74) is 4.05. The van der Waals surface area contributed by atoms with Gasteiger partial charge in [0.1, 0.15) is 0 Å². The molecule has 0 radical (unpaired) electrons. The molecule has 162 valence electrons. The van der Waals surface area contributed by atoms with Gasteiger partial charge in [-0.3, -0.25) is 4.79 Å². The SMILES string of the molecule is Cc1ccc(-c2nc(OC(C)C)nn2-c2ccc(NC(=O)c3cccc(Cl)c3)cc2)cc1. The Morgan fingerprint density at radius 2 is 1.75 bits per heavy atom. The number of hydrogen-bond donors (Lipinski definition) is 1. The molecule has 0 atom stereocenters. The van der Waals surface area contributed by atoms with E-state index in [1.165, 1.54) is 5.56 Å². The molecule has 4 aromatic rings. The monoisotopic (exact) mass is 446 g/mol. The summed E-state index contributed by atoms with van der Waals surface area (Å²) in [5, 5.41) is 7.94. The first-order chi connectivity index (χ1) is 15.4. The number of halogens is 1. The highest BCUT2D eigenvalue weighted by Crippen LogP contribution is 2.25. The number of nitrogens with one attached hydrogen (secondary N) is 1. The fourth-order valence-corrected chi connectivity index (χ4v) is 3.33. The minimum absolute atomic E-state index is 0.0409. The van der Waals surface area contributed by atoms with Crippen LogP contribution in [0.15, 0.2) is 72.8 Å². The van der Waals surface area contributed by atoms with Gasteiger partial charge in [-0.05, 0) is 63.2 Å². The summed E-state index contributed by atoms with van der Waals surface area (Å²) in [7, 11) is 0. The standard InChI is InChI=1S/C25H23ClN4O2/c1-16(2)32-25-28-23(18-9-7-17(3)8-10-18)30(29-25)22-13-11-21(12-14-22)27-24(31)19-5-4-6-20(26)15-19/h4-16H,1-3H3,(H,27,31). The van der Waals surface area contributed by atoms with Crippen LogP contribution in [0.4, 0.5) is 5.69 Å². The van der Waals surface area contributed by atoms with Crippen molar-refractivity contribution in [3.05, 3.63) is 88.9 Å². The molecule has 0 aliphatic carbocycles. The van der Waals surface area contributed by atoms with E-state index in [1.807, 2.05) is 69.3 Å². The fraction of sp³-hybridized carbons (Fsp3) is 0.160. The third-order valence-electron chi connectivity index (χ3n) is 4.70. The quantitative estimate of drug-likeness (QED) is 0.398. The van der Waals surface area contributed by atoms with Crippen molar-refractivity contribution in [1.82, 2.24) is 14.8 Å². The third kappa shape index (κ3) is 4.98. The Hall–Kier alpha value is -3.64. The first-order valence-electron chi connectivity index (χ1n) is 10.3. The van der Waals surface area contributed by atoms with E-state index in [2.05, 4.69) is 15.4 Å². The van der Waals surface area contributed by atoms with E-state index in [4.69, 9.17) is 16.3 Å². The van der Waals surface area contributed by atoms with Crippen LogP contribution in [0.1, 0.15) is 29.8 Å². The lowest BCUT2D eigenvalue weighted by molar-refractivity contribution is 0.102. The van der Waals surface area contributed by atoms with Crippen LogP contribution in [0.3, 0.4) is 0 Å². The number of carbonyl (C=O) groups is 1. The number of ether oxygens (including phenoxy) is 1. The van der Waals surface area contributed by atoms with E-state index in [1.54, 1.807) is 28.9 Å². The average molecular weight is 447 g/mol. The molecular weight excluding hydrogens is 424 g/mol. The van der Waals surface area contributed by atoms with Crippen molar-refractivity contribution < 1.29 is 9.53 Å². The van der Waals surface area contributed by atoms with Crippen LogP contribution in [-0.4, -0.2) is 26.8 Å². The maximum absolute atomic E-state index is 12.5. The summed E-state index contributed by atoms with van der Waals surface area (Å²) >= 11 is 5.98. The van der Waals surface area contributed by atoms with Crippen molar-refractivity contribution in [2.75, 3.05) is 5.32 Å². The predicted molar refractivity (Wildman–Crippen MR) is 127 cm³/mol. The van der Waals surface area contributed by atoms with Crippen molar-refractivity contribution in [2.45, 2.75) is 26.9 Å². The highest BCUT2D eigenvalue weighted by Gasteiger charge is 2.16. The first kappa shape index (κ1) is 21.6. The number of rotatable bonds is 6. The average Bonchev–Trinajstić information content (AvgIpc) is 3.17. The topological polar surface area (TPSA) is 69.0 Å². The molecule has 0 aliphatic rings. The number of aryl methyl sites for hydroxylation is 1. The number of amides is 1. The second-order valence-electron chi connectivity index (χ2n) is 7.67. The molecular formula is C25H23ClN4O2. The third-order valence-corrected chi connectivity index (χ3v) is 4.93. The van der Waals surface area contributed by atoms with E-state index in [0.717, 1.165) is 11.3 Å². The summed E-state index contributed by atoms with van der Waals surface area (Å²) in [6.45, 7) is 5.91. The van der Waals surface area contributed by atoms with Crippen LogP contribution in [0.25, 0.3) is 17.1 Å². The van der Waals surface area contributed by atoms with Crippen molar-refractivity contribution in [1.29, 1.82) is 0 Å². The number of nitrogens with zero attached hydrogens (tertiary/aromatic N) is 3. The molecule has 0 aliphatic heterocycles. The lowest BCUT2D eigenvalue weighted by Crippen LogP contribution is -2.11. The highest BCUT2D eigenvalue weighted by atomic mass is 35.5. The Morgan fingerprint density at radius 1 is 1.03 bits per heavy atom. The molecule has 0 unspecified atom stereocenters. The van der Waals surface area contributed by atoms with Crippen LogP contribution in [0, 0.1) is 6.92 Å². The lowest BCUT2D eigenvalue weighted by atomic mass is 10.1. The molecule has 3 aromatic carbocycles. The number of carbonyl (C=O) groups excluding carboxylic acids is 1. The van der Waals surface area contributed by atoms with E-state index < -0.39 is 0 Å². The van der Waals surface area contributed by atoms with Gasteiger partial charge >= 0.3 is 6.01 Å². The normalized spacial score (nSPS) is 10.9. The summed E-state index contributed by atoms with van der Waals surface area (Å²) in [4.78, 5) is 17.1. The van der Waals surface area contributed by atoms with Crippen LogP contribution < -0.4 is 10.1 Å². The molecule has 1 aromatic heterocycles. The van der Waals surface area contributed by atoms with Crippen molar-refractivity contribution in [3.63, 3.8) is 0 Å². The summed E-state index contributed by atoms with van der Waals surface area (Å²) in [5.74, 6) is 0.449. The van der Waals surface area contributed by atoms with Gasteiger partial charge in [0.2, 0.25) is 0 Å². The largest absolute Gasteiger partial charge is 0.460 e. The van der Waals surface area contributed by atoms with Gasteiger partial charge in [0.05, 0.1) is 11.8 Å². The van der Waals surface area contributed by atoms with Crippen LogP contribution in [0.5, 0.6) is 6.01 Å². The summed E-state index contributed by atoms with van der Waals surface area (Å²) in [6, 6.07) is 22.6. The lowest BCUT2D eigenvalue weighted by Gasteiger charge is -2.09. The maximum atomic E-state index is 12.5. The molecule has 6 nitrogen and oxygen atoms in total. The molecule has 1 amide bonds. The second-order valence-corrected chi connectivity index (χ2v) is 8.11. The molecule has 1 heterocycles. The van der Waals surface area contributed by atoms with E-state index >= 15 is 0 Å². The van der Waals surface area contributed by atoms with Gasteiger partial charge in [-0.2, -0.15) is 4.98 Å². The van der Waals surface area contributed by atoms with Crippen molar-refractivity contribution >= 4 is 23.2 Å². The van der Waals surface area contributed by atoms with E-state index in [-0.39, 0.29) is 12.0 Å². The Balaban J connectivity index is 1.62. The Kier molecular flexibility index (Phi) is 6.23. The smallest absolute Gasteiger partial charge is 0.336 e. The summed E-state index contributed by atoms with van der Waals surface area (Å²) in [6.07, 6.45) is -0.0409. The maximum Gasteiger partial charge on any atom is 0.336 e.